The molecular weight excluding hydrogens is 422 g/mol. The Kier molecular flexibility index (Phi) is 5.15. The van der Waals surface area contributed by atoms with Crippen LogP contribution in [0.3, 0.4) is 0 Å². The second kappa shape index (κ2) is 7.20. The Balaban J connectivity index is 2.09. The highest BCUT2D eigenvalue weighted by Crippen LogP contribution is 2.36. The third-order valence-corrected chi connectivity index (χ3v) is 5.42. The third-order valence-electron chi connectivity index (χ3n) is 3.98. The molecule has 136 valence electrons. The van der Waals surface area contributed by atoms with Gasteiger partial charge in [-0.05, 0) is 35.9 Å². The van der Waals surface area contributed by atoms with E-state index in [9.17, 15) is 18.3 Å². The maximum Gasteiger partial charge on any atom is 0.326 e. The molecule has 0 bridgehead atoms. The second-order valence-electron chi connectivity index (χ2n) is 5.61. The summed E-state index contributed by atoms with van der Waals surface area (Å²) in [5.41, 5.74) is 2.43. The summed E-state index contributed by atoms with van der Waals surface area (Å²) >= 11 is 3.34. The molecule has 0 aliphatic carbocycles. The minimum Gasteiger partial charge on any atom is -0.480 e. The Bertz CT molecular complexity index is 946. The molecule has 0 spiro atoms. The van der Waals surface area contributed by atoms with Crippen molar-refractivity contribution in [2.75, 3.05) is 10.5 Å². The van der Waals surface area contributed by atoms with Gasteiger partial charge in [0.1, 0.15) is 6.04 Å². The third kappa shape index (κ3) is 3.51. The number of halogens is 1. The Morgan fingerprint density at radius 1 is 1.12 bits per heavy atom. The molecule has 0 saturated heterocycles. The molecule has 7 nitrogen and oxygen atoms in total. The van der Waals surface area contributed by atoms with Crippen molar-refractivity contribution in [2.45, 2.75) is 10.9 Å². The molecule has 2 aromatic carbocycles. The highest BCUT2D eigenvalue weighted by Gasteiger charge is 2.37. The number of hydrogen-bond acceptors (Lipinski definition) is 5. The van der Waals surface area contributed by atoms with E-state index in [1.54, 1.807) is 28.2 Å². The molecule has 1 unspecified atom stereocenters. The fourth-order valence-electron chi connectivity index (χ4n) is 2.79. The van der Waals surface area contributed by atoms with Crippen molar-refractivity contribution in [3.8, 4) is 0 Å². The lowest BCUT2D eigenvalue weighted by Gasteiger charge is -2.33. The number of aliphatic carboxylic acids is 1. The molecule has 26 heavy (non-hydrogen) atoms. The summed E-state index contributed by atoms with van der Waals surface area (Å²) in [6.07, 6.45) is 1.66. The van der Waals surface area contributed by atoms with Gasteiger partial charge in [0.15, 0.2) is 0 Å². The summed E-state index contributed by atoms with van der Waals surface area (Å²) in [6, 6.07) is 14.5. The van der Waals surface area contributed by atoms with Crippen LogP contribution >= 0.6 is 15.9 Å². The number of nitrogens with zero attached hydrogens (tertiary/aromatic N) is 2. The quantitative estimate of drug-likeness (QED) is 0.548. The average molecular weight is 438 g/mol. The molecule has 0 aromatic heterocycles. The van der Waals surface area contributed by atoms with Crippen LogP contribution in [0.1, 0.15) is 5.56 Å². The molecule has 9 heteroatoms. The molecule has 2 aromatic rings. The van der Waals surface area contributed by atoms with E-state index in [1.165, 1.54) is 12.1 Å². The number of hydrogen-bond donors (Lipinski definition) is 2. The fraction of sp³-hybridized carbons (Fsp3) is 0.118. The fourth-order valence-corrected chi connectivity index (χ4v) is 3.84. The average Bonchev–Trinajstić information content (AvgIpc) is 3.01. The highest BCUT2D eigenvalue weighted by atomic mass is 79.9. The largest absolute Gasteiger partial charge is 0.480 e. The molecule has 1 aliphatic heterocycles. The zero-order chi connectivity index (χ0) is 18.9. The zero-order valence-corrected chi connectivity index (χ0v) is 15.9. The number of carboxylic acid groups (broad SMARTS) is 1. The monoisotopic (exact) mass is 437 g/mol. The summed E-state index contributed by atoms with van der Waals surface area (Å²) in [6.45, 7) is 0. The van der Waals surface area contributed by atoms with Gasteiger partial charge < -0.3 is 5.11 Å². The van der Waals surface area contributed by atoms with E-state index in [4.69, 9.17) is 5.14 Å². The van der Waals surface area contributed by atoms with Gasteiger partial charge in [0.2, 0.25) is 10.0 Å². The molecule has 0 amide bonds. The number of carboxylic acids is 1. The first-order chi connectivity index (χ1) is 12.3. The van der Waals surface area contributed by atoms with E-state index in [1.807, 2.05) is 30.3 Å². The first kappa shape index (κ1) is 18.6. The Labute approximate surface area is 159 Å². The van der Waals surface area contributed by atoms with E-state index in [0.717, 1.165) is 5.56 Å². The normalized spacial score (nSPS) is 18.0. The molecule has 1 heterocycles. The minimum absolute atomic E-state index is 0.00846. The number of benzene rings is 2. The van der Waals surface area contributed by atoms with E-state index in [0.29, 0.717) is 11.4 Å². The van der Waals surface area contributed by atoms with Crippen molar-refractivity contribution >= 4 is 43.3 Å². The topological polar surface area (TPSA) is 104 Å². The summed E-state index contributed by atoms with van der Waals surface area (Å²) < 4.78 is 22.9. The SMILES string of the molecule is NS(=O)(=O)c1ccc(N2C(c3ccccc3)=CC(C(=O)O)N2CBr)cc1. The van der Waals surface area contributed by atoms with Crippen LogP contribution in [0.5, 0.6) is 0 Å². The number of sulfonamides is 1. The Hall–Kier alpha value is -2.20. The first-order valence-corrected chi connectivity index (χ1v) is 10.3. The summed E-state index contributed by atoms with van der Waals surface area (Å²) in [5, 5.41) is 18.1. The van der Waals surface area contributed by atoms with Crippen LogP contribution in [0.25, 0.3) is 5.70 Å². The van der Waals surface area contributed by atoms with Crippen molar-refractivity contribution in [3.63, 3.8) is 0 Å². The van der Waals surface area contributed by atoms with E-state index >= 15 is 0 Å². The maximum absolute atomic E-state index is 11.7. The van der Waals surface area contributed by atoms with Crippen molar-refractivity contribution < 1.29 is 18.3 Å². The van der Waals surface area contributed by atoms with Crippen molar-refractivity contribution in [3.05, 3.63) is 66.2 Å². The smallest absolute Gasteiger partial charge is 0.326 e. The van der Waals surface area contributed by atoms with Gasteiger partial charge in [0.05, 0.1) is 21.7 Å². The highest BCUT2D eigenvalue weighted by molar-refractivity contribution is 9.09. The summed E-state index contributed by atoms with van der Waals surface area (Å²) in [7, 11) is -3.80. The van der Waals surface area contributed by atoms with Crippen molar-refractivity contribution in [1.29, 1.82) is 0 Å². The molecule has 3 N–H and O–H groups in total. The van der Waals surface area contributed by atoms with E-state index in [2.05, 4.69) is 15.9 Å². The second-order valence-corrected chi connectivity index (χ2v) is 7.67. The zero-order valence-electron chi connectivity index (χ0n) is 13.5. The van der Waals surface area contributed by atoms with E-state index < -0.39 is 22.0 Å². The molecule has 3 rings (SSSR count). The summed E-state index contributed by atoms with van der Waals surface area (Å²) in [4.78, 5) is 11.7. The van der Waals surface area contributed by atoms with Crippen LogP contribution in [0.15, 0.2) is 65.6 Å². The number of rotatable bonds is 5. The number of alkyl halides is 1. The van der Waals surface area contributed by atoms with Gasteiger partial charge in [0.25, 0.3) is 0 Å². The van der Waals surface area contributed by atoms with Crippen LogP contribution in [0, 0.1) is 0 Å². The van der Waals surface area contributed by atoms with Gasteiger partial charge >= 0.3 is 5.97 Å². The first-order valence-electron chi connectivity index (χ1n) is 7.58. The van der Waals surface area contributed by atoms with Gasteiger partial charge in [-0.3, -0.25) is 9.80 Å². The molecule has 0 fully saturated rings. The number of hydrazine groups is 1. The van der Waals surface area contributed by atoms with Gasteiger partial charge in [-0.2, -0.15) is 5.01 Å². The number of carbonyl (C=O) groups is 1. The van der Waals surface area contributed by atoms with Crippen molar-refractivity contribution in [1.82, 2.24) is 5.01 Å². The summed E-state index contributed by atoms with van der Waals surface area (Å²) in [5.74, 6) is -0.985. The molecule has 1 atom stereocenters. The van der Waals surface area contributed by atoms with Crippen LogP contribution in [0.2, 0.25) is 0 Å². The molecule has 1 aliphatic rings. The predicted molar refractivity (Wildman–Crippen MR) is 102 cm³/mol. The lowest BCUT2D eigenvalue weighted by molar-refractivity contribution is -0.140. The van der Waals surface area contributed by atoms with Crippen LogP contribution in [-0.4, -0.2) is 36.0 Å². The van der Waals surface area contributed by atoms with Crippen LogP contribution < -0.4 is 10.1 Å². The standard InChI is InChI=1S/C17H16BrN3O4S/c18-11-20-16(17(22)23)10-15(12-4-2-1-3-5-12)21(20)13-6-8-14(9-7-13)26(19,24)25/h1-10,16H,11H2,(H,22,23)(H2,19,24,25). The lowest BCUT2D eigenvalue weighted by Crippen LogP contribution is -2.44. The van der Waals surface area contributed by atoms with Gasteiger partial charge in [-0.1, -0.05) is 46.3 Å². The minimum atomic E-state index is -3.80. The predicted octanol–water partition coefficient (Wildman–Crippen LogP) is 2.22. The van der Waals surface area contributed by atoms with Gasteiger partial charge in [-0.25, -0.2) is 13.6 Å². The van der Waals surface area contributed by atoms with Crippen LogP contribution in [0.4, 0.5) is 5.69 Å². The van der Waals surface area contributed by atoms with Crippen LogP contribution in [-0.2, 0) is 14.8 Å². The number of primary sulfonamides is 1. The molecule has 0 radical (unpaired) electrons. The Morgan fingerprint density at radius 3 is 2.23 bits per heavy atom. The molecular formula is C17H16BrN3O4S. The molecule has 0 saturated carbocycles. The lowest BCUT2D eigenvalue weighted by atomic mass is 10.1. The number of nitrogens with two attached hydrogens (primary N) is 1. The van der Waals surface area contributed by atoms with E-state index in [-0.39, 0.29) is 10.3 Å². The van der Waals surface area contributed by atoms with Gasteiger partial charge in [-0.15, -0.1) is 0 Å². The van der Waals surface area contributed by atoms with Crippen molar-refractivity contribution in [2.24, 2.45) is 5.14 Å². The number of anilines is 1. The van der Waals surface area contributed by atoms with Gasteiger partial charge in [0, 0.05) is 0 Å². The Morgan fingerprint density at radius 2 is 1.73 bits per heavy atom. The maximum atomic E-state index is 11.7.